The average molecular weight is 464 g/mol. The van der Waals surface area contributed by atoms with Crippen LogP contribution < -0.4 is 0 Å². The average Bonchev–Trinajstić information content (AvgIpc) is 3.14. The lowest BCUT2D eigenvalue weighted by Crippen LogP contribution is -2.24. The Balaban J connectivity index is 2.08. The lowest BCUT2D eigenvalue weighted by molar-refractivity contribution is -0.145. The zero-order valence-corrected chi connectivity index (χ0v) is 16.8. The molecule has 5 nitrogen and oxygen atoms in total. The fourth-order valence-corrected chi connectivity index (χ4v) is 5.76. The van der Waals surface area contributed by atoms with E-state index in [-0.39, 0.29) is 17.5 Å². The molecular weight excluding hydrogens is 447 g/mol. The summed E-state index contributed by atoms with van der Waals surface area (Å²) in [4.78, 5) is 10.3. The zero-order chi connectivity index (χ0) is 23.1. The Kier molecular flexibility index (Phi) is 6.12. The van der Waals surface area contributed by atoms with Crippen molar-refractivity contribution in [2.45, 2.75) is 35.3 Å². The predicted molar refractivity (Wildman–Crippen MR) is 98.9 cm³/mol. The number of hydrogen-bond acceptors (Lipinski definition) is 4. The van der Waals surface area contributed by atoms with Gasteiger partial charge in [-0.3, -0.25) is 4.79 Å². The third kappa shape index (κ3) is 4.42. The Morgan fingerprint density at radius 3 is 2.16 bits per heavy atom. The van der Waals surface area contributed by atoms with E-state index in [1.165, 1.54) is 7.11 Å². The van der Waals surface area contributed by atoms with Crippen molar-refractivity contribution in [3.8, 4) is 11.1 Å². The fourth-order valence-electron chi connectivity index (χ4n) is 3.76. The molecule has 1 aliphatic carbocycles. The number of hydrogen-bond donors (Lipinski definition) is 1. The number of sulfone groups is 1. The quantitative estimate of drug-likeness (QED) is 0.668. The van der Waals surface area contributed by atoms with E-state index in [9.17, 15) is 40.3 Å². The highest BCUT2D eigenvalue weighted by Crippen LogP contribution is 2.42. The van der Waals surface area contributed by atoms with Gasteiger partial charge in [0.05, 0.1) is 27.7 Å². The van der Waals surface area contributed by atoms with Crippen LogP contribution in [0.3, 0.4) is 0 Å². The molecule has 31 heavy (non-hydrogen) atoms. The lowest BCUT2D eigenvalue weighted by Gasteiger charge is -2.18. The molecule has 3 atom stereocenters. The molecule has 0 radical (unpaired) electrons. The van der Waals surface area contributed by atoms with Gasteiger partial charge in [-0.1, -0.05) is 12.1 Å². The minimum atomic E-state index is -5.07. The summed E-state index contributed by atoms with van der Waals surface area (Å²) in [5, 5.41) is 7.86. The molecule has 0 saturated heterocycles. The number of carboxylic acid groups (broad SMARTS) is 1. The molecule has 11 heteroatoms. The van der Waals surface area contributed by atoms with E-state index in [4.69, 9.17) is 4.74 Å². The molecule has 0 heterocycles. The third-order valence-electron chi connectivity index (χ3n) is 5.36. The predicted octanol–water partition coefficient (Wildman–Crippen LogP) is 4.30. The van der Waals surface area contributed by atoms with Crippen molar-refractivity contribution in [1.82, 2.24) is 0 Å². The molecular formula is C20H17F5O5S. The Morgan fingerprint density at radius 1 is 1.03 bits per heavy atom. The highest BCUT2D eigenvalue weighted by Gasteiger charge is 2.47. The summed E-state index contributed by atoms with van der Waals surface area (Å²) < 4.78 is 98.9. The highest BCUT2D eigenvalue weighted by molar-refractivity contribution is 7.92. The van der Waals surface area contributed by atoms with Crippen molar-refractivity contribution in [3.63, 3.8) is 0 Å². The monoisotopic (exact) mass is 464 g/mol. The van der Waals surface area contributed by atoms with E-state index in [1.807, 2.05) is 0 Å². The fraction of sp³-hybridized carbons (Fsp3) is 0.350. The SMILES string of the molecule is CO[C@@H]1C[C@H](S(=O)(=O)c2ccc(-c3ccc(F)c(F)c3)cc2C(F)(F)F)C[C@H]1C(=O)O. The minimum Gasteiger partial charge on any atom is -0.481 e. The maximum absolute atomic E-state index is 13.7. The zero-order valence-electron chi connectivity index (χ0n) is 16.0. The summed E-state index contributed by atoms with van der Waals surface area (Å²) in [7, 11) is -3.37. The molecule has 1 aliphatic rings. The van der Waals surface area contributed by atoms with Crippen molar-refractivity contribution in [1.29, 1.82) is 0 Å². The Bertz CT molecular complexity index is 1110. The molecule has 2 aromatic carbocycles. The molecule has 0 spiro atoms. The first-order valence-electron chi connectivity index (χ1n) is 9.02. The first-order chi connectivity index (χ1) is 14.4. The molecule has 168 valence electrons. The van der Waals surface area contributed by atoms with E-state index in [2.05, 4.69) is 0 Å². The van der Waals surface area contributed by atoms with Gasteiger partial charge in [-0.25, -0.2) is 17.2 Å². The maximum Gasteiger partial charge on any atom is 0.417 e. The van der Waals surface area contributed by atoms with Gasteiger partial charge in [0.25, 0.3) is 0 Å². The summed E-state index contributed by atoms with van der Waals surface area (Å²) in [5.41, 5.74) is -1.70. The second-order valence-corrected chi connectivity index (χ2v) is 9.39. The summed E-state index contributed by atoms with van der Waals surface area (Å²) in [5.74, 6) is -4.91. The molecule has 1 saturated carbocycles. The third-order valence-corrected chi connectivity index (χ3v) is 7.60. The number of rotatable bonds is 5. The second kappa shape index (κ2) is 8.19. The molecule has 3 rings (SSSR count). The van der Waals surface area contributed by atoms with Gasteiger partial charge in [0, 0.05) is 7.11 Å². The van der Waals surface area contributed by atoms with Gasteiger partial charge in [0.15, 0.2) is 21.5 Å². The summed E-state index contributed by atoms with van der Waals surface area (Å²) >= 11 is 0. The van der Waals surface area contributed by atoms with Gasteiger partial charge in [-0.2, -0.15) is 13.2 Å². The van der Waals surface area contributed by atoms with Crippen LogP contribution in [0.1, 0.15) is 18.4 Å². The molecule has 0 unspecified atom stereocenters. The van der Waals surface area contributed by atoms with E-state index in [1.54, 1.807) is 0 Å². The van der Waals surface area contributed by atoms with Crippen LogP contribution in [0.5, 0.6) is 0 Å². The van der Waals surface area contributed by atoms with Crippen molar-refractivity contribution in [2.24, 2.45) is 5.92 Å². The highest BCUT2D eigenvalue weighted by atomic mass is 32.2. The van der Waals surface area contributed by atoms with Crippen LogP contribution in [-0.2, 0) is 25.5 Å². The number of aliphatic carboxylic acids is 1. The van der Waals surface area contributed by atoms with Gasteiger partial charge in [0.2, 0.25) is 0 Å². The van der Waals surface area contributed by atoms with E-state index < -0.39 is 67.8 Å². The van der Waals surface area contributed by atoms with Crippen LogP contribution in [0.25, 0.3) is 11.1 Å². The number of halogens is 5. The maximum atomic E-state index is 13.7. The van der Waals surface area contributed by atoms with E-state index in [0.717, 1.165) is 24.3 Å². The summed E-state index contributed by atoms with van der Waals surface area (Å²) in [6.07, 6.45) is -6.67. The van der Waals surface area contributed by atoms with Gasteiger partial charge in [-0.05, 0) is 48.2 Å². The van der Waals surface area contributed by atoms with Crippen LogP contribution >= 0.6 is 0 Å². The van der Waals surface area contributed by atoms with Gasteiger partial charge >= 0.3 is 12.1 Å². The topological polar surface area (TPSA) is 80.7 Å². The van der Waals surface area contributed by atoms with Crippen molar-refractivity contribution in [2.75, 3.05) is 7.11 Å². The van der Waals surface area contributed by atoms with Crippen molar-refractivity contribution < 1.29 is 45.0 Å². The second-order valence-electron chi connectivity index (χ2n) is 7.19. The van der Waals surface area contributed by atoms with Crippen molar-refractivity contribution >= 4 is 15.8 Å². The van der Waals surface area contributed by atoms with Crippen LogP contribution in [0.15, 0.2) is 41.3 Å². The molecule has 1 fully saturated rings. The van der Waals surface area contributed by atoms with Crippen LogP contribution in [0.4, 0.5) is 22.0 Å². The van der Waals surface area contributed by atoms with Gasteiger partial charge in [0.1, 0.15) is 0 Å². The van der Waals surface area contributed by atoms with Gasteiger partial charge in [-0.15, -0.1) is 0 Å². The Morgan fingerprint density at radius 2 is 1.65 bits per heavy atom. The first-order valence-corrected chi connectivity index (χ1v) is 10.6. The number of carbonyl (C=O) groups is 1. The minimum absolute atomic E-state index is 0.0698. The van der Waals surface area contributed by atoms with E-state index >= 15 is 0 Å². The van der Waals surface area contributed by atoms with Crippen LogP contribution in [0.2, 0.25) is 0 Å². The molecule has 0 amide bonds. The van der Waals surface area contributed by atoms with E-state index in [0.29, 0.717) is 12.1 Å². The number of alkyl halides is 3. The van der Waals surface area contributed by atoms with Crippen LogP contribution in [-0.4, -0.2) is 38.0 Å². The number of carboxylic acids is 1. The van der Waals surface area contributed by atoms with Crippen LogP contribution in [0, 0.1) is 17.6 Å². The Hall–Kier alpha value is -2.53. The summed E-state index contributed by atoms with van der Waals surface area (Å²) in [6, 6.07) is 4.89. The van der Waals surface area contributed by atoms with Crippen molar-refractivity contribution in [3.05, 3.63) is 53.6 Å². The number of methoxy groups -OCH3 is 1. The molecule has 0 aliphatic heterocycles. The van der Waals surface area contributed by atoms with Gasteiger partial charge < -0.3 is 9.84 Å². The molecule has 0 bridgehead atoms. The smallest absolute Gasteiger partial charge is 0.417 e. The lowest BCUT2D eigenvalue weighted by atomic mass is 10.0. The molecule has 2 aromatic rings. The number of ether oxygens (including phenoxy) is 1. The molecule has 0 aromatic heterocycles. The molecule has 1 N–H and O–H groups in total. The standard InChI is InChI=1S/C20H17F5O5S/c1-30-17-9-12(8-13(17)19(26)27)31(28,29)18-5-3-10(6-14(18)20(23,24)25)11-2-4-15(21)16(22)7-11/h2-7,12-13,17H,8-9H2,1H3,(H,26,27)/t12-,13-,17-/m1/s1. The Labute approximate surface area is 174 Å². The normalized spacial score (nSPS) is 21.9. The largest absolute Gasteiger partial charge is 0.481 e. The first kappa shape index (κ1) is 23.1. The number of benzene rings is 2. The summed E-state index contributed by atoms with van der Waals surface area (Å²) in [6.45, 7) is 0.